The van der Waals surface area contributed by atoms with Crippen LogP contribution in [0.4, 0.5) is 32.0 Å². The molecule has 210 valence electrons. The molecule has 0 radical (unpaired) electrons. The number of hydrogen-bond acceptors (Lipinski definition) is 4. The standard InChI is InChI=1S/C28H22F6N2O3S/c1-39-23-11-22(31)21(30)10-18(23)26(37)36-25-16-4-3-15(17(16)8-13-6-7-40-12-13)24(25)27(38)35-14-2-5-20(29)19(9-14)28(32,33)34/h2,5-12,15-16,24-25H,3-4H2,1H3,(H,35,38)(H,36,37)/b17-8-/t15?,16?,24-,25+/m0/s1. The quantitative estimate of drug-likeness (QED) is 0.320. The van der Waals surface area contributed by atoms with E-state index in [2.05, 4.69) is 10.6 Å². The van der Waals surface area contributed by atoms with Gasteiger partial charge in [0.25, 0.3) is 5.91 Å². The zero-order valence-corrected chi connectivity index (χ0v) is 21.6. The number of rotatable bonds is 6. The summed E-state index contributed by atoms with van der Waals surface area (Å²) in [5.41, 5.74) is -0.251. The number of ether oxygens (including phenoxy) is 1. The Morgan fingerprint density at radius 3 is 2.40 bits per heavy atom. The van der Waals surface area contributed by atoms with Crippen LogP contribution in [0.25, 0.3) is 6.08 Å². The van der Waals surface area contributed by atoms with Gasteiger partial charge in [0.15, 0.2) is 11.6 Å². The number of alkyl halides is 3. The Morgan fingerprint density at radius 1 is 1.00 bits per heavy atom. The van der Waals surface area contributed by atoms with Crippen molar-refractivity contribution in [1.29, 1.82) is 0 Å². The van der Waals surface area contributed by atoms with E-state index in [0.717, 1.165) is 23.3 Å². The summed E-state index contributed by atoms with van der Waals surface area (Å²) in [4.78, 5) is 26.8. The minimum absolute atomic E-state index is 0.208. The van der Waals surface area contributed by atoms with Gasteiger partial charge in [-0.05, 0) is 65.4 Å². The van der Waals surface area contributed by atoms with Crippen LogP contribution in [0, 0.1) is 35.2 Å². The van der Waals surface area contributed by atoms with E-state index >= 15 is 0 Å². The van der Waals surface area contributed by atoms with Crippen LogP contribution in [0.2, 0.25) is 0 Å². The summed E-state index contributed by atoms with van der Waals surface area (Å²) in [6, 6.07) is 4.68. The zero-order valence-electron chi connectivity index (χ0n) is 20.8. The maximum atomic E-state index is 14.0. The Morgan fingerprint density at radius 2 is 1.73 bits per heavy atom. The van der Waals surface area contributed by atoms with Crippen molar-refractivity contribution in [2.24, 2.45) is 17.8 Å². The second kappa shape index (κ2) is 10.6. The van der Waals surface area contributed by atoms with Crippen molar-refractivity contribution in [3.8, 4) is 5.75 Å². The lowest BCUT2D eigenvalue weighted by Crippen LogP contribution is -2.48. The maximum Gasteiger partial charge on any atom is 0.419 e. The van der Waals surface area contributed by atoms with Crippen LogP contribution in [-0.4, -0.2) is 25.0 Å². The molecule has 2 amide bonds. The predicted octanol–water partition coefficient (Wildman–Crippen LogP) is 6.67. The molecule has 2 saturated carbocycles. The van der Waals surface area contributed by atoms with Crippen LogP contribution in [0.1, 0.15) is 34.3 Å². The third-order valence-electron chi connectivity index (χ3n) is 7.40. The monoisotopic (exact) mass is 580 g/mol. The molecule has 2 aliphatic carbocycles. The zero-order chi connectivity index (χ0) is 28.8. The molecular weight excluding hydrogens is 558 g/mol. The topological polar surface area (TPSA) is 67.4 Å². The molecule has 0 spiro atoms. The second-order valence-corrected chi connectivity index (χ2v) is 10.4. The van der Waals surface area contributed by atoms with Crippen molar-refractivity contribution in [3.63, 3.8) is 0 Å². The first-order chi connectivity index (χ1) is 19.0. The van der Waals surface area contributed by atoms with Crippen molar-refractivity contribution < 1.29 is 40.7 Å². The summed E-state index contributed by atoms with van der Waals surface area (Å²) in [6.07, 6.45) is -1.81. The van der Waals surface area contributed by atoms with Crippen molar-refractivity contribution in [3.05, 3.63) is 86.9 Å². The summed E-state index contributed by atoms with van der Waals surface area (Å²) < 4.78 is 86.3. The third kappa shape index (κ3) is 5.19. The van der Waals surface area contributed by atoms with E-state index in [4.69, 9.17) is 4.74 Å². The number of carbonyl (C=O) groups is 2. The van der Waals surface area contributed by atoms with Gasteiger partial charge in [-0.3, -0.25) is 9.59 Å². The van der Waals surface area contributed by atoms with Gasteiger partial charge in [0.1, 0.15) is 11.6 Å². The molecule has 1 aromatic heterocycles. The number of nitrogens with one attached hydrogen (secondary N) is 2. The van der Waals surface area contributed by atoms with Crippen LogP contribution in [-0.2, 0) is 11.0 Å². The fourth-order valence-electron chi connectivity index (χ4n) is 5.69. The number of methoxy groups -OCH3 is 1. The molecule has 2 aromatic carbocycles. The van der Waals surface area contributed by atoms with E-state index in [0.29, 0.717) is 31.0 Å². The minimum atomic E-state index is -4.96. The Balaban J connectivity index is 1.48. The van der Waals surface area contributed by atoms with Crippen LogP contribution in [0.5, 0.6) is 5.75 Å². The molecule has 4 atom stereocenters. The molecular formula is C28H22F6N2O3S. The van der Waals surface area contributed by atoms with Gasteiger partial charge >= 0.3 is 6.18 Å². The van der Waals surface area contributed by atoms with Gasteiger partial charge in [-0.15, -0.1) is 0 Å². The van der Waals surface area contributed by atoms with Crippen LogP contribution >= 0.6 is 11.3 Å². The first-order valence-corrected chi connectivity index (χ1v) is 13.2. The van der Waals surface area contributed by atoms with Crippen LogP contribution in [0.3, 0.4) is 0 Å². The third-order valence-corrected chi connectivity index (χ3v) is 8.10. The van der Waals surface area contributed by atoms with E-state index in [1.165, 1.54) is 18.4 Å². The minimum Gasteiger partial charge on any atom is -0.496 e. The molecule has 2 N–H and O–H groups in total. The highest BCUT2D eigenvalue weighted by molar-refractivity contribution is 7.08. The fraction of sp³-hybridized carbons (Fsp3) is 0.286. The van der Waals surface area contributed by atoms with Gasteiger partial charge < -0.3 is 15.4 Å². The summed E-state index contributed by atoms with van der Waals surface area (Å²) in [6.45, 7) is 0. The first-order valence-electron chi connectivity index (χ1n) is 12.2. The van der Waals surface area contributed by atoms with Gasteiger partial charge in [0, 0.05) is 23.7 Å². The lowest BCUT2D eigenvalue weighted by molar-refractivity contribution is -0.140. The van der Waals surface area contributed by atoms with Gasteiger partial charge in [-0.1, -0.05) is 11.6 Å². The lowest BCUT2D eigenvalue weighted by Gasteiger charge is -2.30. The number of carbonyl (C=O) groups excluding carboxylic acids is 2. The summed E-state index contributed by atoms with van der Waals surface area (Å²) in [5, 5.41) is 9.02. The van der Waals surface area contributed by atoms with Gasteiger partial charge in [-0.25, -0.2) is 13.2 Å². The highest BCUT2D eigenvalue weighted by atomic mass is 32.1. The van der Waals surface area contributed by atoms with Crippen molar-refractivity contribution in [1.82, 2.24) is 5.32 Å². The Labute approximate surface area is 228 Å². The average Bonchev–Trinajstić information content (AvgIpc) is 3.62. The molecule has 0 aliphatic heterocycles. The Kier molecular flexibility index (Phi) is 7.38. The van der Waals surface area contributed by atoms with E-state index in [-0.39, 0.29) is 28.8 Å². The number of fused-ring (bicyclic) bond motifs is 2. The largest absolute Gasteiger partial charge is 0.496 e. The van der Waals surface area contributed by atoms with Gasteiger partial charge in [-0.2, -0.15) is 24.5 Å². The highest BCUT2D eigenvalue weighted by Gasteiger charge is 2.54. The smallest absolute Gasteiger partial charge is 0.419 e. The molecule has 1 heterocycles. The second-order valence-electron chi connectivity index (χ2n) is 9.66. The molecule has 2 unspecified atom stereocenters. The number of anilines is 1. The van der Waals surface area contributed by atoms with Gasteiger partial charge in [0.05, 0.1) is 24.2 Å². The molecule has 2 bridgehead atoms. The number of hydrogen-bond donors (Lipinski definition) is 2. The Bertz CT molecular complexity index is 1490. The Hall–Kier alpha value is -3.80. The molecule has 3 aromatic rings. The van der Waals surface area contributed by atoms with E-state index in [1.807, 2.05) is 22.9 Å². The number of thiophene rings is 1. The number of amides is 2. The number of halogens is 6. The maximum absolute atomic E-state index is 14.0. The van der Waals surface area contributed by atoms with E-state index in [1.54, 1.807) is 0 Å². The molecule has 2 fully saturated rings. The van der Waals surface area contributed by atoms with Crippen molar-refractivity contribution >= 4 is 34.9 Å². The SMILES string of the molecule is COc1cc(F)c(F)cc1C(=O)N[C@@H]1C2CCC(/C2=C/c2ccsc2)[C@@H]1C(=O)Nc1ccc(F)c(C(F)(F)F)c1. The van der Waals surface area contributed by atoms with Crippen molar-refractivity contribution in [2.45, 2.75) is 25.1 Å². The lowest BCUT2D eigenvalue weighted by atomic mass is 9.83. The number of benzene rings is 2. The molecule has 5 rings (SSSR count). The molecule has 5 nitrogen and oxygen atoms in total. The summed E-state index contributed by atoms with van der Waals surface area (Å²) in [7, 11) is 1.19. The van der Waals surface area contributed by atoms with E-state index in [9.17, 15) is 35.9 Å². The summed E-state index contributed by atoms with van der Waals surface area (Å²) in [5.74, 6) is -7.15. The fourth-order valence-corrected chi connectivity index (χ4v) is 6.31. The van der Waals surface area contributed by atoms with Gasteiger partial charge in [0.2, 0.25) is 5.91 Å². The predicted molar refractivity (Wildman–Crippen MR) is 136 cm³/mol. The first kappa shape index (κ1) is 27.8. The van der Waals surface area contributed by atoms with Crippen LogP contribution < -0.4 is 15.4 Å². The normalized spacial score (nSPS) is 22.9. The molecule has 12 heteroatoms. The molecule has 40 heavy (non-hydrogen) atoms. The molecule has 2 aliphatic rings. The average molecular weight is 581 g/mol. The van der Waals surface area contributed by atoms with Crippen LogP contribution in [0.15, 0.2) is 52.7 Å². The van der Waals surface area contributed by atoms with Crippen molar-refractivity contribution in [2.75, 3.05) is 12.4 Å². The van der Waals surface area contributed by atoms with E-state index < -0.39 is 53.0 Å². The highest BCUT2D eigenvalue weighted by Crippen LogP contribution is 2.53. The molecule has 0 saturated heterocycles. The summed E-state index contributed by atoms with van der Waals surface area (Å²) >= 11 is 1.48.